The Morgan fingerprint density at radius 2 is 2.43 bits per heavy atom. The van der Waals surface area contributed by atoms with Gasteiger partial charge in [-0.2, -0.15) is 5.26 Å². The zero-order chi connectivity index (χ0) is 10.4. The van der Waals surface area contributed by atoms with E-state index < -0.39 is 0 Å². The summed E-state index contributed by atoms with van der Waals surface area (Å²) in [6.45, 7) is 1.92. The van der Waals surface area contributed by atoms with Crippen LogP contribution in [-0.4, -0.2) is 22.7 Å². The molecule has 0 aliphatic carbocycles. The van der Waals surface area contributed by atoms with Crippen molar-refractivity contribution >= 4 is 5.82 Å². The van der Waals surface area contributed by atoms with Crippen LogP contribution in [0, 0.1) is 11.3 Å². The molecule has 1 atom stereocenters. The molecule has 0 saturated heterocycles. The van der Waals surface area contributed by atoms with E-state index in [9.17, 15) is 0 Å². The molecule has 0 saturated carbocycles. The van der Waals surface area contributed by atoms with E-state index in [4.69, 9.17) is 10.4 Å². The van der Waals surface area contributed by atoms with Gasteiger partial charge in [-0.1, -0.05) is 6.07 Å². The number of nitrogens with one attached hydrogen (secondary N) is 1. The fourth-order valence-corrected chi connectivity index (χ4v) is 1.04. The first kappa shape index (κ1) is 10.5. The second kappa shape index (κ2) is 5.20. The SMILES string of the molecule is C[C@@H](CO)Nc1cccc(CC#N)n1. The summed E-state index contributed by atoms with van der Waals surface area (Å²) in [7, 11) is 0. The molecule has 1 aromatic rings. The van der Waals surface area contributed by atoms with Crippen LogP contribution in [-0.2, 0) is 6.42 Å². The summed E-state index contributed by atoms with van der Waals surface area (Å²) in [5.41, 5.74) is 0.739. The minimum Gasteiger partial charge on any atom is -0.394 e. The number of anilines is 1. The fraction of sp³-hybridized carbons (Fsp3) is 0.400. The number of nitriles is 1. The lowest BCUT2D eigenvalue weighted by atomic mass is 10.3. The molecule has 4 nitrogen and oxygen atoms in total. The van der Waals surface area contributed by atoms with Gasteiger partial charge in [-0.15, -0.1) is 0 Å². The summed E-state index contributed by atoms with van der Waals surface area (Å²) in [4.78, 5) is 4.21. The second-order valence-corrected chi connectivity index (χ2v) is 3.08. The van der Waals surface area contributed by atoms with Crippen LogP contribution >= 0.6 is 0 Å². The Labute approximate surface area is 83.2 Å². The number of aliphatic hydroxyl groups is 1. The predicted octanol–water partition coefficient (Wildman–Crippen LogP) is 0.940. The van der Waals surface area contributed by atoms with Crippen molar-refractivity contribution in [3.05, 3.63) is 23.9 Å². The third kappa shape index (κ3) is 3.04. The third-order valence-corrected chi connectivity index (χ3v) is 1.74. The highest BCUT2D eigenvalue weighted by molar-refractivity contribution is 5.36. The molecule has 0 spiro atoms. The number of aliphatic hydroxyl groups excluding tert-OH is 1. The van der Waals surface area contributed by atoms with Gasteiger partial charge in [-0.05, 0) is 19.1 Å². The van der Waals surface area contributed by atoms with Crippen molar-refractivity contribution in [3.8, 4) is 6.07 Å². The standard InChI is InChI=1S/C10H13N3O/c1-8(7-14)12-10-4-2-3-9(13-10)5-6-11/h2-4,8,14H,5,7H2,1H3,(H,12,13)/t8-/m0/s1. The van der Waals surface area contributed by atoms with E-state index in [1.54, 1.807) is 6.07 Å². The first-order valence-corrected chi connectivity index (χ1v) is 4.46. The predicted molar refractivity (Wildman–Crippen MR) is 53.7 cm³/mol. The molecule has 0 aromatic carbocycles. The Morgan fingerprint density at radius 3 is 3.07 bits per heavy atom. The van der Waals surface area contributed by atoms with Crippen LogP contribution in [0.2, 0.25) is 0 Å². The minimum absolute atomic E-state index is 0.0279. The first-order chi connectivity index (χ1) is 6.76. The summed E-state index contributed by atoms with van der Waals surface area (Å²) in [5.74, 6) is 0.694. The van der Waals surface area contributed by atoms with Crippen molar-refractivity contribution < 1.29 is 5.11 Å². The number of pyridine rings is 1. The highest BCUT2D eigenvalue weighted by atomic mass is 16.3. The zero-order valence-electron chi connectivity index (χ0n) is 8.07. The lowest BCUT2D eigenvalue weighted by Crippen LogP contribution is -2.20. The lowest BCUT2D eigenvalue weighted by molar-refractivity contribution is 0.281. The third-order valence-electron chi connectivity index (χ3n) is 1.74. The van der Waals surface area contributed by atoms with Gasteiger partial charge >= 0.3 is 0 Å². The maximum absolute atomic E-state index is 8.83. The number of nitrogens with zero attached hydrogens (tertiary/aromatic N) is 2. The molecule has 0 amide bonds. The van der Waals surface area contributed by atoms with Crippen LogP contribution < -0.4 is 5.32 Å². The molecular weight excluding hydrogens is 178 g/mol. The van der Waals surface area contributed by atoms with Gasteiger partial charge in [0.2, 0.25) is 0 Å². The van der Waals surface area contributed by atoms with Gasteiger partial charge in [0.05, 0.1) is 24.8 Å². The van der Waals surface area contributed by atoms with Gasteiger partial charge in [0, 0.05) is 6.04 Å². The largest absolute Gasteiger partial charge is 0.394 e. The Hall–Kier alpha value is -1.60. The van der Waals surface area contributed by atoms with Gasteiger partial charge in [-0.3, -0.25) is 0 Å². The van der Waals surface area contributed by atoms with Gasteiger partial charge in [0.1, 0.15) is 5.82 Å². The normalized spacial score (nSPS) is 11.8. The van der Waals surface area contributed by atoms with Crippen molar-refractivity contribution in [2.45, 2.75) is 19.4 Å². The topological polar surface area (TPSA) is 68.9 Å². The average Bonchev–Trinajstić information content (AvgIpc) is 2.19. The number of rotatable bonds is 4. The molecule has 0 fully saturated rings. The van der Waals surface area contributed by atoms with Gasteiger partial charge in [0.15, 0.2) is 0 Å². The van der Waals surface area contributed by atoms with Crippen LogP contribution in [0.5, 0.6) is 0 Å². The Balaban J connectivity index is 2.69. The molecule has 2 N–H and O–H groups in total. The van der Waals surface area contributed by atoms with Crippen LogP contribution in [0.4, 0.5) is 5.82 Å². The quantitative estimate of drug-likeness (QED) is 0.743. The number of aromatic nitrogens is 1. The highest BCUT2D eigenvalue weighted by Crippen LogP contribution is 2.06. The summed E-state index contributed by atoms with van der Waals surface area (Å²) >= 11 is 0. The first-order valence-electron chi connectivity index (χ1n) is 4.46. The molecule has 0 aliphatic heterocycles. The van der Waals surface area contributed by atoms with E-state index in [1.165, 1.54) is 0 Å². The van der Waals surface area contributed by atoms with E-state index in [1.807, 2.05) is 25.1 Å². The van der Waals surface area contributed by atoms with Crippen molar-refractivity contribution in [1.82, 2.24) is 4.98 Å². The molecule has 0 unspecified atom stereocenters. The molecule has 74 valence electrons. The van der Waals surface area contributed by atoms with E-state index in [-0.39, 0.29) is 12.6 Å². The van der Waals surface area contributed by atoms with Crippen LogP contribution in [0.3, 0.4) is 0 Å². The maximum Gasteiger partial charge on any atom is 0.126 e. The monoisotopic (exact) mass is 191 g/mol. The number of hydrogen-bond donors (Lipinski definition) is 2. The van der Waals surface area contributed by atoms with E-state index in [2.05, 4.69) is 10.3 Å². The van der Waals surface area contributed by atoms with Crippen molar-refractivity contribution in [2.24, 2.45) is 0 Å². The molecule has 1 heterocycles. The summed E-state index contributed by atoms with van der Waals surface area (Å²) in [5, 5.41) is 20.3. The van der Waals surface area contributed by atoms with E-state index in [0.717, 1.165) is 5.69 Å². The Morgan fingerprint density at radius 1 is 1.64 bits per heavy atom. The lowest BCUT2D eigenvalue weighted by Gasteiger charge is -2.11. The van der Waals surface area contributed by atoms with Crippen molar-refractivity contribution in [2.75, 3.05) is 11.9 Å². The molecule has 1 aromatic heterocycles. The molecule has 0 radical (unpaired) electrons. The van der Waals surface area contributed by atoms with Crippen LogP contribution in [0.15, 0.2) is 18.2 Å². The molecule has 4 heteroatoms. The number of hydrogen-bond acceptors (Lipinski definition) is 4. The molecular formula is C10H13N3O. The zero-order valence-corrected chi connectivity index (χ0v) is 8.07. The van der Waals surface area contributed by atoms with E-state index >= 15 is 0 Å². The van der Waals surface area contributed by atoms with Gasteiger partial charge in [-0.25, -0.2) is 4.98 Å². The molecule has 0 aliphatic rings. The van der Waals surface area contributed by atoms with Crippen molar-refractivity contribution in [1.29, 1.82) is 5.26 Å². The average molecular weight is 191 g/mol. The van der Waals surface area contributed by atoms with Gasteiger partial charge < -0.3 is 10.4 Å². The molecule has 1 rings (SSSR count). The summed E-state index contributed by atoms with van der Waals surface area (Å²) < 4.78 is 0. The molecule has 0 bridgehead atoms. The van der Waals surface area contributed by atoms with Crippen molar-refractivity contribution in [3.63, 3.8) is 0 Å². The fourth-order valence-electron chi connectivity index (χ4n) is 1.04. The van der Waals surface area contributed by atoms with Gasteiger partial charge in [0.25, 0.3) is 0 Å². The minimum atomic E-state index is -0.0279. The summed E-state index contributed by atoms with van der Waals surface area (Å²) in [6, 6.07) is 7.47. The van der Waals surface area contributed by atoms with Crippen LogP contribution in [0.25, 0.3) is 0 Å². The second-order valence-electron chi connectivity index (χ2n) is 3.08. The molecule has 14 heavy (non-hydrogen) atoms. The smallest absolute Gasteiger partial charge is 0.126 e. The highest BCUT2D eigenvalue weighted by Gasteiger charge is 2.01. The van der Waals surface area contributed by atoms with E-state index in [0.29, 0.717) is 12.2 Å². The maximum atomic E-state index is 8.83. The van der Waals surface area contributed by atoms with Crippen LogP contribution in [0.1, 0.15) is 12.6 Å². The summed E-state index contributed by atoms with van der Waals surface area (Å²) in [6.07, 6.45) is 0.309. The Bertz CT molecular complexity index is 332. The Kier molecular flexibility index (Phi) is 3.89.